The number of pyridine rings is 1. The van der Waals surface area contributed by atoms with Crippen LogP contribution in [0.25, 0.3) is 0 Å². The lowest BCUT2D eigenvalue weighted by Crippen LogP contribution is -2.51. The Balaban J connectivity index is 1.26. The number of nitrogens with one attached hydrogen (secondary N) is 2. The Morgan fingerprint density at radius 3 is 2.52 bits per heavy atom. The van der Waals surface area contributed by atoms with Gasteiger partial charge in [-0.2, -0.15) is 11.3 Å². The molecule has 0 spiro atoms. The van der Waals surface area contributed by atoms with Gasteiger partial charge in [0.05, 0.1) is 18.4 Å². The standard InChI is InChI=1S/C29H42N6O4S/c1-20-17-25(28(37)34-12-5-6-13-34)31-22(3)26(20)27(36)30-11-7-21(2)33-14-8-24(9-15-33)35(29(38)32-39-4)18-23-10-16-40-19-23/h10,16-17,19,21,24H,5-9,11-15,18H2,1-4H3,(H,30,36)(H,32,38)/t21-/m1/s1. The van der Waals surface area contributed by atoms with Gasteiger partial charge in [-0.05, 0) is 86.9 Å². The van der Waals surface area contributed by atoms with E-state index in [1.54, 1.807) is 24.3 Å². The number of aryl methyl sites for hydroxylation is 2. The number of carbonyl (C=O) groups is 3. The lowest BCUT2D eigenvalue weighted by molar-refractivity contribution is 0.0565. The van der Waals surface area contributed by atoms with Crippen molar-refractivity contribution in [1.29, 1.82) is 0 Å². The van der Waals surface area contributed by atoms with Crippen LogP contribution in [0.3, 0.4) is 0 Å². The van der Waals surface area contributed by atoms with E-state index in [1.807, 2.05) is 28.2 Å². The molecule has 2 aliphatic heterocycles. The zero-order valence-electron chi connectivity index (χ0n) is 24.1. The Hall–Kier alpha value is -3.02. The molecule has 2 fully saturated rings. The van der Waals surface area contributed by atoms with Crippen LogP contribution in [0.15, 0.2) is 22.9 Å². The van der Waals surface area contributed by atoms with Crippen molar-refractivity contribution in [3.8, 4) is 0 Å². The number of aromatic nitrogens is 1. The maximum absolute atomic E-state index is 13.0. The summed E-state index contributed by atoms with van der Waals surface area (Å²) in [7, 11) is 1.45. The number of hydrogen-bond acceptors (Lipinski definition) is 7. The highest BCUT2D eigenvalue weighted by Gasteiger charge is 2.30. The van der Waals surface area contributed by atoms with E-state index in [1.165, 1.54) is 7.11 Å². The van der Waals surface area contributed by atoms with Crippen LogP contribution >= 0.6 is 11.3 Å². The second kappa shape index (κ2) is 14.0. The fraction of sp³-hybridized carbons (Fsp3) is 0.586. The molecule has 0 saturated carbocycles. The summed E-state index contributed by atoms with van der Waals surface area (Å²) in [6.45, 7) is 10.3. The molecule has 0 aromatic carbocycles. The molecular formula is C29H42N6O4S. The lowest BCUT2D eigenvalue weighted by atomic mass is 10.0. The number of nitrogens with zero attached hydrogens (tertiary/aromatic N) is 4. The van der Waals surface area contributed by atoms with Gasteiger partial charge < -0.3 is 20.0 Å². The molecule has 4 amide bonds. The van der Waals surface area contributed by atoms with E-state index < -0.39 is 0 Å². The number of thiophene rings is 1. The van der Waals surface area contributed by atoms with Crippen LogP contribution in [0.5, 0.6) is 0 Å². The van der Waals surface area contributed by atoms with Crippen LogP contribution in [0.1, 0.15) is 76.7 Å². The molecule has 10 nitrogen and oxygen atoms in total. The summed E-state index contributed by atoms with van der Waals surface area (Å²) in [5, 5.41) is 7.15. The zero-order chi connectivity index (χ0) is 28.6. The van der Waals surface area contributed by atoms with Crippen LogP contribution < -0.4 is 10.8 Å². The van der Waals surface area contributed by atoms with E-state index in [0.29, 0.717) is 36.1 Å². The third kappa shape index (κ3) is 7.38. The average Bonchev–Trinajstić information content (AvgIpc) is 3.66. The van der Waals surface area contributed by atoms with E-state index in [-0.39, 0.29) is 23.9 Å². The van der Waals surface area contributed by atoms with Gasteiger partial charge in [-0.15, -0.1) is 0 Å². The molecule has 2 saturated heterocycles. The topological polar surface area (TPSA) is 107 Å². The SMILES string of the molecule is CONC(=O)N(Cc1ccsc1)C1CCN([C@H](C)CCNC(=O)c2c(C)cc(C(=O)N3CCCC3)nc2C)CC1. The van der Waals surface area contributed by atoms with Crippen molar-refractivity contribution >= 4 is 29.2 Å². The molecule has 2 N–H and O–H groups in total. The van der Waals surface area contributed by atoms with Crippen LogP contribution in [-0.2, 0) is 11.4 Å². The highest BCUT2D eigenvalue weighted by atomic mass is 32.1. The smallest absolute Gasteiger partial charge is 0.341 e. The maximum atomic E-state index is 13.0. The van der Waals surface area contributed by atoms with Crippen molar-refractivity contribution in [2.75, 3.05) is 39.8 Å². The van der Waals surface area contributed by atoms with E-state index in [4.69, 9.17) is 4.84 Å². The molecule has 0 bridgehead atoms. The predicted molar refractivity (Wildman–Crippen MR) is 155 cm³/mol. The van der Waals surface area contributed by atoms with Gasteiger partial charge in [0.1, 0.15) is 5.69 Å². The molecule has 0 unspecified atom stereocenters. The minimum atomic E-state index is -0.212. The Labute approximate surface area is 241 Å². The Kier molecular flexibility index (Phi) is 10.5. The van der Waals surface area contributed by atoms with Gasteiger partial charge in [0.25, 0.3) is 11.8 Å². The van der Waals surface area contributed by atoms with Gasteiger partial charge in [-0.3, -0.25) is 14.4 Å². The minimum absolute atomic E-state index is 0.0536. The van der Waals surface area contributed by atoms with Crippen molar-refractivity contribution < 1.29 is 19.2 Å². The van der Waals surface area contributed by atoms with Crippen molar-refractivity contribution in [1.82, 2.24) is 30.5 Å². The first-order valence-corrected chi connectivity index (χ1v) is 15.1. The third-order valence-electron chi connectivity index (χ3n) is 8.03. The minimum Gasteiger partial charge on any atom is -0.352 e. The molecule has 2 aromatic rings. The van der Waals surface area contributed by atoms with Crippen LogP contribution in [0, 0.1) is 13.8 Å². The first-order chi connectivity index (χ1) is 19.3. The number of hydroxylamine groups is 1. The molecule has 0 radical (unpaired) electrons. The number of amides is 4. The van der Waals surface area contributed by atoms with Crippen LogP contribution in [0.4, 0.5) is 4.79 Å². The highest BCUT2D eigenvalue weighted by molar-refractivity contribution is 7.07. The summed E-state index contributed by atoms with van der Waals surface area (Å²) in [5.74, 6) is -0.205. The number of carbonyl (C=O) groups excluding carboxylic acids is 3. The Morgan fingerprint density at radius 1 is 1.18 bits per heavy atom. The first-order valence-electron chi connectivity index (χ1n) is 14.2. The van der Waals surface area contributed by atoms with Crippen molar-refractivity contribution in [3.05, 3.63) is 51.0 Å². The van der Waals surface area contributed by atoms with Crippen LogP contribution in [-0.4, -0.2) is 89.4 Å². The first kappa shape index (κ1) is 30.0. The highest BCUT2D eigenvalue weighted by Crippen LogP contribution is 2.23. The number of rotatable bonds is 10. The second-order valence-electron chi connectivity index (χ2n) is 10.8. The molecule has 1 atom stereocenters. The van der Waals surface area contributed by atoms with Gasteiger partial charge in [0, 0.05) is 51.4 Å². The van der Waals surface area contributed by atoms with Crippen molar-refractivity contribution in [3.63, 3.8) is 0 Å². The van der Waals surface area contributed by atoms with Gasteiger partial charge >= 0.3 is 6.03 Å². The molecule has 40 heavy (non-hydrogen) atoms. The molecule has 218 valence electrons. The molecule has 4 heterocycles. The summed E-state index contributed by atoms with van der Waals surface area (Å²) >= 11 is 1.63. The van der Waals surface area contributed by atoms with Crippen molar-refractivity contribution in [2.24, 2.45) is 0 Å². The fourth-order valence-electron chi connectivity index (χ4n) is 5.76. The molecule has 2 aromatic heterocycles. The summed E-state index contributed by atoms with van der Waals surface area (Å²) in [6.07, 6.45) is 4.63. The van der Waals surface area contributed by atoms with Crippen molar-refractivity contribution in [2.45, 2.75) is 71.5 Å². The van der Waals surface area contributed by atoms with Crippen LogP contribution in [0.2, 0.25) is 0 Å². The summed E-state index contributed by atoms with van der Waals surface area (Å²) < 4.78 is 0. The molecule has 2 aliphatic rings. The van der Waals surface area contributed by atoms with E-state index in [0.717, 1.165) is 69.4 Å². The average molecular weight is 571 g/mol. The number of likely N-dealkylation sites (tertiary alicyclic amines) is 2. The summed E-state index contributed by atoms with van der Waals surface area (Å²) in [5.41, 5.74) is 5.92. The maximum Gasteiger partial charge on any atom is 0.341 e. The fourth-order valence-corrected chi connectivity index (χ4v) is 6.42. The molecule has 0 aliphatic carbocycles. The normalized spacial score (nSPS) is 17.1. The molecular weight excluding hydrogens is 528 g/mol. The molecule has 4 rings (SSSR count). The second-order valence-corrected chi connectivity index (χ2v) is 11.6. The Bertz CT molecular complexity index is 1140. The predicted octanol–water partition coefficient (Wildman–Crippen LogP) is 3.74. The van der Waals surface area contributed by atoms with Gasteiger partial charge in [-0.1, -0.05) is 0 Å². The van der Waals surface area contributed by atoms with Gasteiger partial charge in [0.15, 0.2) is 0 Å². The third-order valence-corrected chi connectivity index (χ3v) is 8.76. The number of piperidine rings is 1. The lowest BCUT2D eigenvalue weighted by Gasteiger charge is -2.40. The summed E-state index contributed by atoms with van der Waals surface area (Å²) in [4.78, 5) is 54.0. The van der Waals surface area contributed by atoms with E-state index in [2.05, 4.69) is 33.0 Å². The van der Waals surface area contributed by atoms with Gasteiger partial charge in [-0.25, -0.2) is 15.3 Å². The Morgan fingerprint density at radius 2 is 1.90 bits per heavy atom. The molecule has 11 heteroatoms. The quantitative estimate of drug-likeness (QED) is 0.422. The van der Waals surface area contributed by atoms with Gasteiger partial charge in [0.2, 0.25) is 0 Å². The summed E-state index contributed by atoms with van der Waals surface area (Å²) in [6, 6.07) is 4.00. The largest absolute Gasteiger partial charge is 0.352 e. The van der Waals surface area contributed by atoms with E-state index >= 15 is 0 Å². The monoisotopic (exact) mass is 570 g/mol. The zero-order valence-corrected chi connectivity index (χ0v) is 24.9. The number of urea groups is 1. The number of hydrogen-bond donors (Lipinski definition) is 2. The van der Waals surface area contributed by atoms with E-state index in [9.17, 15) is 14.4 Å².